The fourth-order valence-corrected chi connectivity index (χ4v) is 9.68. The summed E-state index contributed by atoms with van der Waals surface area (Å²) in [5, 5.41) is -0.597. The minimum absolute atomic E-state index is 0.00434. The third kappa shape index (κ3) is 8.14. The Morgan fingerprint density at radius 2 is 1.85 bits per heavy atom. The van der Waals surface area contributed by atoms with Gasteiger partial charge in [-0.15, -0.1) is 0 Å². The first-order chi connectivity index (χ1) is 25.5. The van der Waals surface area contributed by atoms with E-state index in [0.29, 0.717) is 49.7 Å². The number of amides is 3. The van der Waals surface area contributed by atoms with Crippen molar-refractivity contribution < 1.29 is 41.5 Å². The molecule has 2 aromatic carbocycles. The van der Waals surface area contributed by atoms with Crippen LogP contribution in [0.1, 0.15) is 87.3 Å². The Morgan fingerprint density at radius 1 is 1.04 bits per heavy atom. The first-order valence-corrected chi connectivity index (χ1v) is 20.4. The van der Waals surface area contributed by atoms with E-state index in [2.05, 4.69) is 4.72 Å². The number of fused-ring (bicyclic) bond motifs is 3. The summed E-state index contributed by atoms with van der Waals surface area (Å²) in [5.74, 6) is -1.61. The number of methoxy groups -OCH3 is 1. The van der Waals surface area contributed by atoms with Crippen molar-refractivity contribution >= 4 is 33.7 Å². The van der Waals surface area contributed by atoms with Crippen LogP contribution in [0, 0.1) is 23.1 Å². The Bertz CT molecular complexity index is 1900. The summed E-state index contributed by atoms with van der Waals surface area (Å²) in [6.07, 6.45) is 8.79. The number of ether oxygens (including phenoxy) is 2. The van der Waals surface area contributed by atoms with Crippen LogP contribution in [-0.2, 0) is 48.7 Å². The average molecular weight is 750 g/mol. The number of hydrogen-bond donors (Lipinski definition) is 1. The van der Waals surface area contributed by atoms with Crippen LogP contribution in [0.2, 0.25) is 0 Å². The van der Waals surface area contributed by atoms with E-state index in [4.69, 9.17) is 9.47 Å². The lowest BCUT2D eigenvalue weighted by atomic mass is 9.90. The molecule has 0 spiro atoms. The molecule has 0 bridgehead atoms. The van der Waals surface area contributed by atoms with Gasteiger partial charge in [-0.2, -0.15) is 0 Å². The number of carbonyl (C=O) groups excluding carboxylic acids is 4. The average Bonchev–Trinajstić information content (AvgIpc) is 4.02. The van der Waals surface area contributed by atoms with Gasteiger partial charge in [0.25, 0.3) is 0 Å². The van der Waals surface area contributed by atoms with E-state index in [0.717, 1.165) is 37.0 Å². The largest absolute Gasteiger partial charge is 0.497 e. The van der Waals surface area contributed by atoms with Gasteiger partial charge in [0, 0.05) is 30.9 Å². The van der Waals surface area contributed by atoms with Crippen molar-refractivity contribution in [1.29, 1.82) is 0 Å². The van der Waals surface area contributed by atoms with E-state index in [1.807, 2.05) is 36.4 Å². The Hall–Kier alpha value is -4.26. The molecular formula is C40H48FN3O8S. The van der Waals surface area contributed by atoms with Crippen molar-refractivity contribution in [1.82, 2.24) is 14.5 Å². The maximum atomic E-state index is 14.6. The molecule has 7 rings (SSSR count). The smallest absolute Gasteiger partial charge is 0.410 e. The van der Waals surface area contributed by atoms with Gasteiger partial charge in [-0.3, -0.25) is 24.0 Å². The minimum Gasteiger partial charge on any atom is -0.497 e. The topological polar surface area (TPSA) is 139 Å². The molecule has 1 saturated heterocycles. The molecular weight excluding hydrogens is 702 g/mol. The maximum Gasteiger partial charge on any atom is 0.410 e. The first kappa shape index (κ1) is 37.1. The van der Waals surface area contributed by atoms with Crippen LogP contribution >= 0.6 is 0 Å². The first-order valence-electron chi connectivity index (χ1n) is 18.9. The molecule has 5 atom stereocenters. The van der Waals surface area contributed by atoms with Crippen molar-refractivity contribution in [2.45, 2.75) is 108 Å². The number of benzene rings is 2. The highest BCUT2D eigenvalue weighted by molar-refractivity contribution is 7.90. The van der Waals surface area contributed by atoms with E-state index in [-0.39, 0.29) is 50.1 Å². The van der Waals surface area contributed by atoms with Crippen LogP contribution < -0.4 is 9.46 Å². The van der Waals surface area contributed by atoms with Crippen LogP contribution in [0.3, 0.4) is 0 Å². The summed E-state index contributed by atoms with van der Waals surface area (Å²) in [5.41, 5.74) is 0.922. The molecule has 0 unspecified atom stereocenters. The zero-order chi connectivity index (χ0) is 37.3. The number of nitrogens with zero attached hydrogens (tertiary/aromatic N) is 2. The number of Topliss-reactive ketones (excluding diaryl/α,β-unsaturated/α-hetero) is 1. The molecule has 3 fully saturated rings. The summed E-state index contributed by atoms with van der Waals surface area (Å²) in [6.45, 7) is 0.248. The Balaban J connectivity index is 1.13. The number of sulfonamides is 1. The summed E-state index contributed by atoms with van der Waals surface area (Å²) in [6, 6.07) is 11.5. The van der Waals surface area contributed by atoms with Crippen molar-refractivity contribution in [3.05, 3.63) is 77.1 Å². The van der Waals surface area contributed by atoms with Crippen LogP contribution in [0.25, 0.3) is 0 Å². The van der Waals surface area contributed by atoms with Gasteiger partial charge in [0.15, 0.2) is 5.78 Å². The van der Waals surface area contributed by atoms with Crippen molar-refractivity contribution in [2.75, 3.05) is 13.7 Å². The van der Waals surface area contributed by atoms with Crippen LogP contribution in [0.4, 0.5) is 9.18 Å². The molecule has 2 aliphatic carbocycles. The highest BCUT2D eigenvalue weighted by Gasteiger charge is 2.61. The molecule has 0 radical (unpaired) electrons. The molecule has 5 aliphatic rings. The second-order valence-electron chi connectivity index (χ2n) is 15.4. The van der Waals surface area contributed by atoms with E-state index in [1.54, 1.807) is 19.2 Å². The molecule has 3 heterocycles. The number of allylic oxidation sites excluding steroid dienone is 2. The van der Waals surface area contributed by atoms with Crippen LogP contribution in [0.5, 0.6) is 5.75 Å². The molecule has 3 amide bonds. The number of carbonyl (C=O) groups is 4. The third-order valence-electron chi connectivity index (χ3n) is 11.7. The van der Waals surface area contributed by atoms with E-state index in [1.165, 1.54) is 15.9 Å². The fraction of sp³-hybridized carbons (Fsp3) is 0.550. The van der Waals surface area contributed by atoms with Gasteiger partial charge in [0.1, 0.15) is 17.7 Å². The van der Waals surface area contributed by atoms with Crippen molar-refractivity contribution in [3.8, 4) is 5.75 Å². The van der Waals surface area contributed by atoms with E-state index >= 15 is 0 Å². The van der Waals surface area contributed by atoms with Gasteiger partial charge in [-0.05, 0) is 86.6 Å². The lowest BCUT2D eigenvalue weighted by molar-refractivity contribution is -0.142. The van der Waals surface area contributed by atoms with Gasteiger partial charge in [-0.25, -0.2) is 17.6 Å². The highest BCUT2D eigenvalue weighted by Crippen LogP contribution is 2.57. The van der Waals surface area contributed by atoms with Crippen molar-refractivity contribution in [2.24, 2.45) is 17.3 Å². The molecule has 13 heteroatoms. The number of nitrogens with one attached hydrogen (secondary N) is 1. The Labute approximate surface area is 310 Å². The van der Waals surface area contributed by atoms with E-state index in [9.17, 15) is 32.0 Å². The zero-order valence-electron chi connectivity index (χ0n) is 30.1. The second kappa shape index (κ2) is 15.2. The standard InChI is InChI=1S/C40H48FN3O8S/c1-51-30-13-7-9-26(19-30)15-16-27-10-5-3-2-4-6-12-29-21-40(29,38(47)42-53(49,50)32-17-18-32)22-36(45)35-20-31(24-44(35)37(27)46)52-39(48)43-23-28-11-8-14-34(41)33(28)25-43/h6-9,11-14,19,27,29,31-32,35H,2-5,10,15-18,20-25H2,1H3,(H,42,47)/b12-6-/t27-,29-,31-,35+,40-/m1/s1. The molecule has 0 aromatic heterocycles. The molecule has 3 aliphatic heterocycles. The van der Waals surface area contributed by atoms with Gasteiger partial charge in [-0.1, -0.05) is 49.3 Å². The van der Waals surface area contributed by atoms with Gasteiger partial charge in [0.2, 0.25) is 21.8 Å². The lowest BCUT2D eigenvalue weighted by Gasteiger charge is -2.29. The molecule has 53 heavy (non-hydrogen) atoms. The normalized spacial score (nSPS) is 28.2. The molecule has 2 saturated carbocycles. The fourth-order valence-electron chi connectivity index (χ4n) is 8.30. The van der Waals surface area contributed by atoms with Gasteiger partial charge >= 0.3 is 6.09 Å². The quantitative estimate of drug-likeness (QED) is 0.345. The second-order valence-corrected chi connectivity index (χ2v) is 17.4. The Kier molecular flexibility index (Phi) is 10.7. The summed E-state index contributed by atoms with van der Waals surface area (Å²) in [7, 11) is -2.24. The predicted octanol–water partition coefficient (Wildman–Crippen LogP) is 5.60. The zero-order valence-corrected chi connectivity index (χ0v) is 31.0. The summed E-state index contributed by atoms with van der Waals surface area (Å²) >= 11 is 0. The van der Waals surface area contributed by atoms with Crippen LogP contribution in [0.15, 0.2) is 54.6 Å². The molecule has 284 valence electrons. The van der Waals surface area contributed by atoms with E-state index < -0.39 is 56.6 Å². The SMILES string of the molecule is COc1cccc(CC[C@H]2CCCCC/C=C\[C@@H]3C[C@@]3(C(=O)NS(=O)(=O)C3CC3)CC(=O)[C@@H]3C[C@@H](OC(=O)N4Cc5cccc(F)c5C4)CN3C2=O)c1. The minimum atomic E-state index is -3.84. The third-order valence-corrected chi connectivity index (χ3v) is 13.5. The molecule has 1 N–H and O–H groups in total. The molecule has 2 aromatic rings. The number of halogens is 1. The number of hydrogen-bond acceptors (Lipinski definition) is 8. The maximum absolute atomic E-state index is 14.6. The molecule has 11 nitrogen and oxygen atoms in total. The van der Waals surface area contributed by atoms with Crippen LogP contribution in [-0.4, -0.2) is 73.0 Å². The Morgan fingerprint density at radius 3 is 2.62 bits per heavy atom. The summed E-state index contributed by atoms with van der Waals surface area (Å²) < 4.78 is 53.7. The number of rotatable bonds is 8. The van der Waals surface area contributed by atoms with Gasteiger partial charge in [0.05, 0.1) is 36.9 Å². The lowest BCUT2D eigenvalue weighted by Crippen LogP contribution is -2.46. The summed E-state index contributed by atoms with van der Waals surface area (Å²) in [4.78, 5) is 59.1. The van der Waals surface area contributed by atoms with Gasteiger partial charge < -0.3 is 14.4 Å². The predicted molar refractivity (Wildman–Crippen MR) is 193 cm³/mol. The van der Waals surface area contributed by atoms with Crippen molar-refractivity contribution in [3.63, 3.8) is 0 Å². The highest BCUT2D eigenvalue weighted by atomic mass is 32.2. The number of aryl methyl sites for hydroxylation is 1. The number of ketones is 1. The monoisotopic (exact) mass is 749 g/mol.